The van der Waals surface area contributed by atoms with Crippen molar-refractivity contribution in [1.29, 1.82) is 5.26 Å². The van der Waals surface area contributed by atoms with Crippen molar-refractivity contribution in [3.05, 3.63) is 0 Å². The number of nitriles is 1. The van der Waals surface area contributed by atoms with Gasteiger partial charge in [0.2, 0.25) is 0 Å². The Morgan fingerprint density at radius 1 is 1.64 bits per heavy atom. The van der Waals surface area contributed by atoms with Gasteiger partial charge >= 0.3 is 0 Å². The molecule has 1 unspecified atom stereocenters. The predicted molar refractivity (Wildman–Crippen MR) is 42.9 cm³/mol. The first-order valence-electron chi connectivity index (χ1n) is 3.92. The molecule has 0 radical (unpaired) electrons. The second-order valence-electron chi connectivity index (χ2n) is 2.61. The summed E-state index contributed by atoms with van der Waals surface area (Å²) in [6.45, 7) is 5.43. The number of alkyl halides is 1. The monoisotopic (exact) mass is 158 g/mol. The van der Waals surface area contributed by atoms with E-state index in [1.807, 2.05) is 18.7 Å². The maximum Gasteiger partial charge on any atom is 0.102 e. The smallest absolute Gasteiger partial charge is 0.102 e. The predicted octanol–water partition coefficient (Wildman–Crippen LogP) is 1.44. The number of rotatable bonds is 5. The summed E-state index contributed by atoms with van der Waals surface area (Å²) in [5.74, 6) is 0.00139. The Bertz CT molecular complexity index is 131. The Balaban J connectivity index is 3.60. The molecule has 3 heteroatoms. The highest BCUT2D eigenvalue weighted by atomic mass is 19.1. The quantitative estimate of drug-likeness (QED) is 0.605. The minimum Gasteiger partial charge on any atom is -0.300 e. The van der Waals surface area contributed by atoms with Crippen molar-refractivity contribution >= 4 is 0 Å². The number of halogens is 1. The van der Waals surface area contributed by atoms with E-state index in [2.05, 4.69) is 6.07 Å². The Kier molecular flexibility index (Phi) is 5.77. The van der Waals surface area contributed by atoms with Gasteiger partial charge in [-0.15, -0.1) is 0 Å². The van der Waals surface area contributed by atoms with E-state index in [9.17, 15) is 4.39 Å². The van der Waals surface area contributed by atoms with Crippen molar-refractivity contribution < 1.29 is 4.39 Å². The third kappa shape index (κ3) is 4.74. The van der Waals surface area contributed by atoms with E-state index in [1.165, 1.54) is 0 Å². The molecule has 0 aromatic heterocycles. The van der Waals surface area contributed by atoms with Crippen molar-refractivity contribution in [2.24, 2.45) is 5.92 Å². The fourth-order valence-corrected chi connectivity index (χ4v) is 0.926. The molecule has 0 saturated carbocycles. The molecule has 0 amide bonds. The molecule has 0 aromatic carbocycles. The summed E-state index contributed by atoms with van der Waals surface area (Å²) in [6, 6.07) is 2.12. The first-order valence-corrected chi connectivity index (χ1v) is 3.92. The zero-order chi connectivity index (χ0) is 8.69. The lowest BCUT2D eigenvalue weighted by atomic mass is 10.2. The lowest BCUT2D eigenvalue weighted by Gasteiger charge is -2.19. The van der Waals surface area contributed by atoms with Gasteiger partial charge in [0.15, 0.2) is 0 Å². The van der Waals surface area contributed by atoms with Crippen LogP contribution in [0.3, 0.4) is 0 Å². The van der Waals surface area contributed by atoms with Crippen LogP contribution in [0.2, 0.25) is 0 Å². The van der Waals surface area contributed by atoms with Crippen LogP contribution in [0.15, 0.2) is 0 Å². The molecule has 2 nitrogen and oxygen atoms in total. The van der Waals surface area contributed by atoms with Crippen LogP contribution in [-0.2, 0) is 0 Å². The van der Waals surface area contributed by atoms with E-state index in [1.54, 1.807) is 0 Å². The van der Waals surface area contributed by atoms with Crippen LogP contribution in [0.4, 0.5) is 4.39 Å². The van der Waals surface area contributed by atoms with E-state index in [4.69, 9.17) is 5.26 Å². The van der Waals surface area contributed by atoms with Crippen molar-refractivity contribution in [3.8, 4) is 6.07 Å². The highest BCUT2D eigenvalue weighted by molar-refractivity contribution is 4.80. The molecule has 0 aromatic rings. The third-order valence-electron chi connectivity index (χ3n) is 1.60. The molecule has 0 aliphatic heterocycles. The maximum atomic E-state index is 11.9. The summed E-state index contributed by atoms with van der Waals surface area (Å²) in [4.78, 5) is 1.94. The molecule has 0 saturated heterocycles. The Labute approximate surface area is 67.6 Å². The topological polar surface area (TPSA) is 27.0 Å². The van der Waals surface area contributed by atoms with Gasteiger partial charge in [0.1, 0.15) is 6.67 Å². The first-order chi connectivity index (χ1) is 5.24. The van der Waals surface area contributed by atoms with Gasteiger partial charge in [-0.2, -0.15) is 5.26 Å². The lowest BCUT2D eigenvalue weighted by Crippen LogP contribution is -2.29. The van der Waals surface area contributed by atoms with Crippen LogP contribution < -0.4 is 0 Å². The number of nitrogens with zero attached hydrogens (tertiary/aromatic N) is 2. The molecule has 0 spiro atoms. The van der Waals surface area contributed by atoms with Gasteiger partial charge in [0, 0.05) is 13.1 Å². The van der Waals surface area contributed by atoms with Crippen LogP contribution in [0.25, 0.3) is 0 Å². The largest absolute Gasteiger partial charge is 0.300 e. The van der Waals surface area contributed by atoms with Crippen molar-refractivity contribution in [1.82, 2.24) is 4.90 Å². The van der Waals surface area contributed by atoms with Crippen LogP contribution in [-0.4, -0.2) is 31.2 Å². The zero-order valence-electron chi connectivity index (χ0n) is 7.18. The molecular weight excluding hydrogens is 143 g/mol. The van der Waals surface area contributed by atoms with Gasteiger partial charge in [-0.3, -0.25) is 4.90 Å². The van der Waals surface area contributed by atoms with Crippen LogP contribution >= 0.6 is 0 Å². The second-order valence-corrected chi connectivity index (χ2v) is 2.61. The van der Waals surface area contributed by atoms with Crippen LogP contribution in [0.5, 0.6) is 0 Å². The SMILES string of the molecule is CCN(CCF)CC(C)C#N. The zero-order valence-corrected chi connectivity index (χ0v) is 7.18. The van der Waals surface area contributed by atoms with E-state index >= 15 is 0 Å². The van der Waals surface area contributed by atoms with Gasteiger partial charge in [0.25, 0.3) is 0 Å². The summed E-state index contributed by atoms with van der Waals surface area (Å²) >= 11 is 0. The van der Waals surface area contributed by atoms with Gasteiger partial charge in [-0.1, -0.05) is 6.92 Å². The maximum absolute atomic E-state index is 11.9. The third-order valence-corrected chi connectivity index (χ3v) is 1.60. The Hall–Kier alpha value is -0.620. The second kappa shape index (κ2) is 6.11. The molecule has 0 N–H and O–H groups in total. The number of hydrogen-bond donors (Lipinski definition) is 0. The fourth-order valence-electron chi connectivity index (χ4n) is 0.926. The molecule has 0 bridgehead atoms. The molecule has 0 aliphatic carbocycles. The molecule has 1 atom stereocenters. The van der Waals surface area contributed by atoms with E-state index < -0.39 is 0 Å². The van der Waals surface area contributed by atoms with Gasteiger partial charge in [-0.25, -0.2) is 4.39 Å². The highest BCUT2D eigenvalue weighted by Crippen LogP contribution is 1.97. The summed E-state index contributed by atoms with van der Waals surface area (Å²) in [5.41, 5.74) is 0. The van der Waals surface area contributed by atoms with Crippen LogP contribution in [0, 0.1) is 17.2 Å². The summed E-state index contributed by atoms with van der Waals surface area (Å²) < 4.78 is 11.9. The van der Waals surface area contributed by atoms with Crippen molar-refractivity contribution in [2.75, 3.05) is 26.3 Å². The minimum atomic E-state index is -0.327. The van der Waals surface area contributed by atoms with E-state index in [0.717, 1.165) is 6.54 Å². The Morgan fingerprint density at radius 3 is 2.64 bits per heavy atom. The molecule has 64 valence electrons. The molecule has 0 aliphatic rings. The van der Waals surface area contributed by atoms with Crippen molar-refractivity contribution in [3.63, 3.8) is 0 Å². The Morgan fingerprint density at radius 2 is 2.27 bits per heavy atom. The molecule has 11 heavy (non-hydrogen) atoms. The standard InChI is InChI=1S/C8H15FN2/c1-3-11(5-4-9)7-8(2)6-10/h8H,3-5,7H2,1-2H3. The summed E-state index contributed by atoms with van der Waals surface area (Å²) in [6.07, 6.45) is 0. The van der Waals surface area contributed by atoms with E-state index in [0.29, 0.717) is 13.1 Å². The molecular formula is C8H15FN2. The highest BCUT2D eigenvalue weighted by Gasteiger charge is 2.06. The molecule has 0 rings (SSSR count). The van der Waals surface area contributed by atoms with Crippen LogP contribution in [0.1, 0.15) is 13.8 Å². The van der Waals surface area contributed by atoms with Gasteiger partial charge < -0.3 is 0 Å². The van der Waals surface area contributed by atoms with E-state index in [-0.39, 0.29) is 12.6 Å². The molecule has 0 fully saturated rings. The minimum absolute atomic E-state index is 0.00139. The lowest BCUT2D eigenvalue weighted by molar-refractivity contribution is 0.244. The van der Waals surface area contributed by atoms with Crippen molar-refractivity contribution in [2.45, 2.75) is 13.8 Å². The normalized spacial score (nSPS) is 13.0. The van der Waals surface area contributed by atoms with Gasteiger partial charge in [-0.05, 0) is 13.5 Å². The summed E-state index contributed by atoms with van der Waals surface area (Å²) in [7, 11) is 0. The van der Waals surface area contributed by atoms with Gasteiger partial charge in [0.05, 0.1) is 12.0 Å². The first kappa shape index (κ1) is 10.4. The average molecular weight is 158 g/mol. The summed E-state index contributed by atoms with van der Waals surface area (Å²) in [5, 5.41) is 8.48. The number of hydrogen-bond acceptors (Lipinski definition) is 2. The fraction of sp³-hybridized carbons (Fsp3) is 0.875. The molecule has 0 heterocycles. The average Bonchev–Trinajstić information content (AvgIpc) is 2.03.